The first kappa shape index (κ1) is 11.1. The van der Waals surface area contributed by atoms with Crippen molar-refractivity contribution < 1.29 is 9.84 Å². The van der Waals surface area contributed by atoms with Crippen molar-refractivity contribution in [2.45, 2.75) is 51.0 Å². The number of anilines is 1. The van der Waals surface area contributed by atoms with Crippen LogP contribution in [0, 0.1) is 0 Å². The molecule has 1 aliphatic carbocycles. The summed E-state index contributed by atoms with van der Waals surface area (Å²) in [4.78, 5) is 0. The third-order valence-corrected chi connectivity index (χ3v) is 3.80. The smallest absolute Gasteiger partial charge is 0.0741 e. The SMILES string of the molecule is OC1CCCCC1Nc1ccc2c(c1)COC2. The van der Waals surface area contributed by atoms with Crippen molar-refractivity contribution in [3.8, 4) is 0 Å². The van der Waals surface area contributed by atoms with Crippen LogP contribution in [0.25, 0.3) is 0 Å². The van der Waals surface area contributed by atoms with E-state index in [1.54, 1.807) is 0 Å². The maximum atomic E-state index is 9.94. The summed E-state index contributed by atoms with van der Waals surface area (Å²) in [6, 6.07) is 6.59. The maximum absolute atomic E-state index is 9.94. The van der Waals surface area contributed by atoms with Gasteiger partial charge >= 0.3 is 0 Å². The van der Waals surface area contributed by atoms with Crippen LogP contribution in [0.1, 0.15) is 36.8 Å². The Bertz CT molecular complexity index is 405. The number of hydrogen-bond donors (Lipinski definition) is 2. The Kier molecular flexibility index (Phi) is 3.04. The van der Waals surface area contributed by atoms with E-state index in [4.69, 9.17) is 4.74 Å². The monoisotopic (exact) mass is 233 g/mol. The summed E-state index contributed by atoms with van der Waals surface area (Å²) in [5, 5.41) is 13.4. The van der Waals surface area contributed by atoms with Crippen LogP contribution < -0.4 is 5.32 Å². The van der Waals surface area contributed by atoms with Crippen LogP contribution in [0.15, 0.2) is 18.2 Å². The fraction of sp³-hybridized carbons (Fsp3) is 0.571. The Morgan fingerprint density at radius 1 is 1.12 bits per heavy atom. The summed E-state index contributed by atoms with van der Waals surface area (Å²) in [7, 11) is 0. The predicted octanol–water partition coefficient (Wildman–Crippen LogP) is 2.43. The number of nitrogens with one attached hydrogen (secondary N) is 1. The zero-order valence-corrected chi connectivity index (χ0v) is 9.98. The zero-order chi connectivity index (χ0) is 11.7. The van der Waals surface area contributed by atoms with Gasteiger partial charge in [-0.3, -0.25) is 0 Å². The molecule has 17 heavy (non-hydrogen) atoms. The minimum Gasteiger partial charge on any atom is -0.391 e. The van der Waals surface area contributed by atoms with E-state index in [0.29, 0.717) is 0 Å². The van der Waals surface area contributed by atoms with Crippen molar-refractivity contribution >= 4 is 5.69 Å². The van der Waals surface area contributed by atoms with E-state index in [0.717, 1.165) is 38.2 Å². The lowest BCUT2D eigenvalue weighted by Gasteiger charge is -2.29. The minimum atomic E-state index is -0.201. The summed E-state index contributed by atoms with van der Waals surface area (Å²) in [5.74, 6) is 0. The molecule has 0 radical (unpaired) electrons. The van der Waals surface area contributed by atoms with Gasteiger partial charge < -0.3 is 15.2 Å². The van der Waals surface area contributed by atoms with E-state index in [1.807, 2.05) is 0 Å². The van der Waals surface area contributed by atoms with Crippen LogP contribution in [0.5, 0.6) is 0 Å². The first-order chi connectivity index (χ1) is 8.33. The summed E-state index contributed by atoms with van der Waals surface area (Å²) in [5.41, 5.74) is 3.68. The largest absolute Gasteiger partial charge is 0.391 e. The van der Waals surface area contributed by atoms with Crippen LogP contribution in [-0.4, -0.2) is 17.3 Å². The van der Waals surface area contributed by atoms with Crippen LogP contribution in [-0.2, 0) is 18.0 Å². The summed E-state index contributed by atoms with van der Waals surface area (Å²) < 4.78 is 5.40. The molecule has 2 N–H and O–H groups in total. The average Bonchev–Trinajstić information content (AvgIpc) is 2.79. The topological polar surface area (TPSA) is 41.5 Å². The zero-order valence-electron chi connectivity index (χ0n) is 9.98. The van der Waals surface area contributed by atoms with Crippen LogP contribution >= 0.6 is 0 Å². The second-order valence-corrected chi connectivity index (χ2v) is 5.08. The lowest BCUT2D eigenvalue weighted by Crippen LogP contribution is -2.36. The number of fused-ring (bicyclic) bond motifs is 1. The van der Waals surface area contributed by atoms with Crippen molar-refractivity contribution in [1.29, 1.82) is 0 Å². The molecular formula is C14H19NO2. The van der Waals surface area contributed by atoms with Crippen molar-refractivity contribution in [3.05, 3.63) is 29.3 Å². The molecule has 1 heterocycles. The first-order valence-corrected chi connectivity index (χ1v) is 6.47. The first-order valence-electron chi connectivity index (χ1n) is 6.47. The van der Waals surface area contributed by atoms with Crippen molar-refractivity contribution in [3.63, 3.8) is 0 Å². The van der Waals surface area contributed by atoms with Gasteiger partial charge in [0.15, 0.2) is 0 Å². The maximum Gasteiger partial charge on any atom is 0.0741 e. The molecule has 1 saturated carbocycles. The van der Waals surface area contributed by atoms with Crippen LogP contribution in [0.4, 0.5) is 5.69 Å². The van der Waals surface area contributed by atoms with Gasteiger partial charge in [-0.25, -0.2) is 0 Å². The Morgan fingerprint density at radius 3 is 2.82 bits per heavy atom. The molecule has 2 unspecified atom stereocenters. The molecule has 2 atom stereocenters. The third kappa shape index (κ3) is 2.31. The fourth-order valence-corrected chi connectivity index (χ4v) is 2.76. The van der Waals surface area contributed by atoms with Gasteiger partial charge in [0, 0.05) is 5.69 Å². The van der Waals surface area contributed by atoms with Crippen molar-refractivity contribution in [2.75, 3.05) is 5.32 Å². The standard InChI is InChI=1S/C14H19NO2/c16-14-4-2-1-3-13(14)15-12-6-5-10-8-17-9-11(10)7-12/h5-7,13-16H,1-4,8-9H2. The molecule has 92 valence electrons. The third-order valence-electron chi connectivity index (χ3n) is 3.80. The normalized spacial score (nSPS) is 27.8. The van der Waals surface area contributed by atoms with Gasteiger partial charge in [0.2, 0.25) is 0 Å². The number of rotatable bonds is 2. The van der Waals surface area contributed by atoms with Crippen LogP contribution in [0.2, 0.25) is 0 Å². The van der Waals surface area contributed by atoms with E-state index in [-0.39, 0.29) is 12.1 Å². The highest BCUT2D eigenvalue weighted by molar-refractivity contribution is 5.50. The van der Waals surface area contributed by atoms with Gasteiger partial charge in [-0.1, -0.05) is 18.9 Å². The molecule has 1 aliphatic heterocycles. The second kappa shape index (κ2) is 4.67. The summed E-state index contributed by atoms with van der Waals surface area (Å²) in [6.07, 6.45) is 4.15. The van der Waals surface area contributed by atoms with E-state index in [2.05, 4.69) is 23.5 Å². The molecule has 1 fully saturated rings. The minimum absolute atomic E-state index is 0.201. The second-order valence-electron chi connectivity index (χ2n) is 5.08. The predicted molar refractivity (Wildman–Crippen MR) is 66.8 cm³/mol. The average molecular weight is 233 g/mol. The van der Waals surface area contributed by atoms with Gasteiger partial charge in [0.05, 0.1) is 25.4 Å². The number of ether oxygens (including phenoxy) is 1. The molecule has 3 heteroatoms. The lowest BCUT2D eigenvalue weighted by atomic mass is 9.92. The van der Waals surface area contributed by atoms with E-state index < -0.39 is 0 Å². The fourth-order valence-electron chi connectivity index (χ4n) is 2.76. The molecule has 0 amide bonds. The van der Waals surface area contributed by atoms with Gasteiger partial charge in [0.25, 0.3) is 0 Å². The van der Waals surface area contributed by atoms with Gasteiger partial charge in [-0.2, -0.15) is 0 Å². The molecule has 3 nitrogen and oxygen atoms in total. The van der Waals surface area contributed by atoms with E-state index >= 15 is 0 Å². The summed E-state index contributed by atoms with van der Waals surface area (Å²) in [6.45, 7) is 1.46. The van der Waals surface area contributed by atoms with Gasteiger partial charge in [0.1, 0.15) is 0 Å². The van der Waals surface area contributed by atoms with Gasteiger partial charge in [-0.05, 0) is 36.1 Å². The lowest BCUT2D eigenvalue weighted by molar-refractivity contribution is 0.116. The molecule has 1 aromatic rings. The van der Waals surface area contributed by atoms with Crippen molar-refractivity contribution in [1.82, 2.24) is 0 Å². The van der Waals surface area contributed by atoms with Crippen LogP contribution in [0.3, 0.4) is 0 Å². The number of hydrogen-bond acceptors (Lipinski definition) is 3. The van der Waals surface area contributed by atoms with E-state index in [9.17, 15) is 5.11 Å². The molecule has 0 spiro atoms. The number of benzene rings is 1. The summed E-state index contributed by atoms with van der Waals surface area (Å²) >= 11 is 0. The number of aliphatic hydroxyl groups excluding tert-OH is 1. The van der Waals surface area contributed by atoms with E-state index in [1.165, 1.54) is 17.5 Å². The molecule has 0 bridgehead atoms. The number of aliphatic hydroxyl groups is 1. The Hall–Kier alpha value is -1.06. The Labute approximate surface area is 102 Å². The molecule has 2 aliphatic rings. The highest BCUT2D eigenvalue weighted by atomic mass is 16.5. The molecule has 0 aromatic heterocycles. The molecule has 3 rings (SSSR count). The Balaban J connectivity index is 1.72. The van der Waals surface area contributed by atoms with Crippen molar-refractivity contribution in [2.24, 2.45) is 0 Å². The molecule has 0 saturated heterocycles. The van der Waals surface area contributed by atoms with Gasteiger partial charge in [-0.15, -0.1) is 0 Å². The molecule has 1 aromatic carbocycles. The highest BCUT2D eigenvalue weighted by Gasteiger charge is 2.23. The quantitative estimate of drug-likeness (QED) is 0.824. The Morgan fingerprint density at radius 2 is 1.94 bits per heavy atom. The molecular weight excluding hydrogens is 214 g/mol. The highest BCUT2D eigenvalue weighted by Crippen LogP contribution is 2.26.